The van der Waals surface area contributed by atoms with Crippen LogP contribution in [0.4, 0.5) is 13.2 Å². The molecular weight excluding hydrogens is 299 g/mol. The van der Waals surface area contributed by atoms with Gasteiger partial charge in [0.1, 0.15) is 0 Å². The molecule has 0 atom stereocenters. The third-order valence-corrected chi connectivity index (χ3v) is 2.96. The number of carbonyl (C=O) groups excluding carboxylic acids is 1. The molecule has 0 aliphatic rings. The van der Waals surface area contributed by atoms with Gasteiger partial charge >= 0.3 is 6.18 Å². The van der Waals surface area contributed by atoms with Crippen molar-refractivity contribution in [3.63, 3.8) is 0 Å². The number of aromatic nitrogens is 2. The SMILES string of the molecule is CC(C)c1ccc(C(=O)NCc2nc(C(F)(F)F)no2)cc1. The van der Waals surface area contributed by atoms with E-state index in [4.69, 9.17) is 0 Å². The second-order valence-corrected chi connectivity index (χ2v) is 4.97. The van der Waals surface area contributed by atoms with Crippen molar-refractivity contribution in [2.45, 2.75) is 32.5 Å². The maximum Gasteiger partial charge on any atom is 0.455 e. The van der Waals surface area contributed by atoms with Gasteiger partial charge in [0.2, 0.25) is 5.89 Å². The van der Waals surface area contributed by atoms with Crippen molar-refractivity contribution in [3.05, 3.63) is 47.1 Å². The molecule has 8 heteroatoms. The fourth-order valence-corrected chi connectivity index (χ4v) is 1.72. The van der Waals surface area contributed by atoms with E-state index in [0.29, 0.717) is 11.5 Å². The number of alkyl halides is 3. The zero-order chi connectivity index (χ0) is 16.3. The van der Waals surface area contributed by atoms with Crippen LogP contribution in [0.3, 0.4) is 0 Å². The summed E-state index contributed by atoms with van der Waals surface area (Å²) in [4.78, 5) is 15.0. The van der Waals surface area contributed by atoms with Crippen molar-refractivity contribution in [1.29, 1.82) is 0 Å². The lowest BCUT2D eigenvalue weighted by Crippen LogP contribution is -2.23. The quantitative estimate of drug-likeness (QED) is 0.941. The molecular formula is C14H14F3N3O2. The van der Waals surface area contributed by atoms with E-state index >= 15 is 0 Å². The summed E-state index contributed by atoms with van der Waals surface area (Å²) in [5, 5.41) is 5.23. The molecule has 2 aromatic rings. The van der Waals surface area contributed by atoms with Gasteiger partial charge in [-0.25, -0.2) is 0 Å². The van der Waals surface area contributed by atoms with Gasteiger partial charge in [-0.1, -0.05) is 31.1 Å². The topological polar surface area (TPSA) is 68.0 Å². The van der Waals surface area contributed by atoms with Gasteiger partial charge in [0.15, 0.2) is 0 Å². The average molecular weight is 313 g/mol. The zero-order valence-corrected chi connectivity index (χ0v) is 11.9. The summed E-state index contributed by atoms with van der Waals surface area (Å²) in [5.41, 5.74) is 1.49. The molecule has 1 N–H and O–H groups in total. The van der Waals surface area contributed by atoms with Crippen LogP contribution in [-0.2, 0) is 12.7 Å². The van der Waals surface area contributed by atoms with E-state index in [-0.39, 0.29) is 12.4 Å². The number of carbonyl (C=O) groups is 1. The van der Waals surface area contributed by atoms with Crippen molar-refractivity contribution in [2.75, 3.05) is 0 Å². The summed E-state index contributed by atoms with van der Waals surface area (Å²) >= 11 is 0. The Labute approximate surface area is 124 Å². The van der Waals surface area contributed by atoms with Gasteiger partial charge < -0.3 is 9.84 Å². The van der Waals surface area contributed by atoms with Crippen LogP contribution in [0.1, 0.15) is 47.4 Å². The van der Waals surface area contributed by atoms with Gasteiger partial charge in [0, 0.05) is 5.56 Å². The van der Waals surface area contributed by atoms with Gasteiger partial charge in [0.25, 0.3) is 11.7 Å². The molecule has 118 valence electrons. The van der Waals surface area contributed by atoms with Crippen molar-refractivity contribution in [2.24, 2.45) is 0 Å². The second-order valence-electron chi connectivity index (χ2n) is 4.97. The molecule has 1 heterocycles. The Morgan fingerprint density at radius 3 is 2.41 bits per heavy atom. The largest absolute Gasteiger partial charge is 0.455 e. The molecule has 0 saturated heterocycles. The van der Waals surface area contributed by atoms with E-state index in [0.717, 1.165) is 5.56 Å². The summed E-state index contributed by atoms with van der Waals surface area (Å²) in [6.45, 7) is 3.79. The monoisotopic (exact) mass is 313 g/mol. The number of nitrogens with zero attached hydrogens (tertiary/aromatic N) is 2. The first-order valence-corrected chi connectivity index (χ1v) is 6.55. The van der Waals surface area contributed by atoms with Crippen LogP contribution in [0.5, 0.6) is 0 Å². The lowest BCUT2D eigenvalue weighted by atomic mass is 10.0. The average Bonchev–Trinajstić information content (AvgIpc) is 2.94. The lowest BCUT2D eigenvalue weighted by Gasteiger charge is -2.06. The minimum absolute atomic E-state index is 0.270. The first-order valence-electron chi connectivity index (χ1n) is 6.55. The highest BCUT2D eigenvalue weighted by Crippen LogP contribution is 2.26. The van der Waals surface area contributed by atoms with Crippen LogP contribution < -0.4 is 5.32 Å². The lowest BCUT2D eigenvalue weighted by molar-refractivity contribution is -0.146. The summed E-state index contributed by atoms with van der Waals surface area (Å²) < 4.78 is 41.3. The molecule has 0 fully saturated rings. The van der Waals surface area contributed by atoms with E-state index in [1.165, 1.54) is 0 Å². The smallest absolute Gasteiger partial charge is 0.343 e. The summed E-state index contributed by atoms with van der Waals surface area (Å²) in [6.07, 6.45) is -4.67. The minimum Gasteiger partial charge on any atom is -0.343 e. The van der Waals surface area contributed by atoms with Crippen LogP contribution in [0.2, 0.25) is 0 Å². The fraction of sp³-hybridized carbons (Fsp3) is 0.357. The molecule has 0 spiro atoms. The zero-order valence-electron chi connectivity index (χ0n) is 11.9. The van der Waals surface area contributed by atoms with Crippen molar-refractivity contribution >= 4 is 5.91 Å². The Morgan fingerprint density at radius 2 is 1.91 bits per heavy atom. The van der Waals surface area contributed by atoms with E-state index < -0.39 is 17.9 Å². The summed E-state index contributed by atoms with van der Waals surface area (Å²) in [7, 11) is 0. The highest BCUT2D eigenvalue weighted by atomic mass is 19.4. The molecule has 0 aliphatic heterocycles. The Bertz CT molecular complexity index is 648. The van der Waals surface area contributed by atoms with Crippen LogP contribution in [-0.4, -0.2) is 16.0 Å². The Morgan fingerprint density at radius 1 is 1.27 bits per heavy atom. The maximum absolute atomic E-state index is 12.3. The van der Waals surface area contributed by atoms with E-state index in [1.807, 2.05) is 26.0 Å². The highest BCUT2D eigenvalue weighted by molar-refractivity contribution is 5.94. The van der Waals surface area contributed by atoms with Crippen molar-refractivity contribution < 1.29 is 22.5 Å². The molecule has 22 heavy (non-hydrogen) atoms. The predicted octanol–water partition coefficient (Wildman–Crippen LogP) is 3.14. The molecule has 0 aliphatic carbocycles. The van der Waals surface area contributed by atoms with Gasteiger partial charge in [0.05, 0.1) is 6.54 Å². The minimum atomic E-state index is -4.67. The van der Waals surface area contributed by atoms with Crippen LogP contribution in [0.15, 0.2) is 28.8 Å². The maximum atomic E-state index is 12.3. The highest BCUT2D eigenvalue weighted by Gasteiger charge is 2.37. The molecule has 0 unspecified atom stereocenters. The Hall–Kier alpha value is -2.38. The van der Waals surface area contributed by atoms with Gasteiger partial charge in [-0.2, -0.15) is 18.2 Å². The second kappa shape index (κ2) is 6.17. The van der Waals surface area contributed by atoms with Crippen LogP contribution >= 0.6 is 0 Å². The fourth-order valence-electron chi connectivity index (χ4n) is 1.72. The molecule has 1 aromatic heterocycles. The molecule has 0 radical (unpaired) electrons. The van der Waals surface area contributed by atoms with Crippen molar-refractivity contribution in [1.82, 2.24) is 15.5 Å². The van der Waals surface area contributed by atoms with E-state index in [9.17, 15) is 18.0 Å². The van der Waals surface area contributed by atoms with E-state index in [1.54, 1.807) is 12.1 Å². The number of benzene rings is 1. The third kappa shape index (κ3) is 3.84. The number of hydrogen-bond donors (Lipinski definition) is 1. The predicted molar refractivity (Wildman–Crippen MR) is 71.0 cm³/mol. The molecule has 5 nitrogen and oxygen atoms in total. The number of hydrogen-bond acceptors (Lipinski definition) is 4. The van der Waals surface area contributed by atoms with Gasteiger partial charge in [-0.15, -0.1) is 0 Å². The van der Waals surface area contributed by atoms with Crippen LogP contribution in [0.25, 0.3) is 0 Å². The molecule has 0 saturated carbocycles. The number of halogens is 3. The molecule has 2 rings (SSSR count). The van der Waals surface area contributed by atoms with Crippen LogP contribution in [0, 0.1) is 0 Å². The first-order chi connectivity index (χ1) is 10.3. The molecule has 1 amide bonds. The third-order valence-electron chi connectivity index (χ3n) is 2.96. The summed E-state index contributed by atoms with van der Waals surface area (Å²) in [5.74, 6) is -1.75. The Kier molecular flexibility index (Phi) is 4.48. The first kappa shape index (κ1) is 16.0. The number of nitrogens with one attached hydrogen (secondary N) is 1. The molecule has 0 bridgehead atoms. The van der Waals surface area contributed by atoms with Crippen molar-refractivity contribution in [3.8, 4) is 0 Å². The van der Waals surface area contributed by atoms with Gasteiger partial charge in [-0.3, -0.25) is 4.79 Å². The Balaban J connectivity index is 1.96. The number of amides is 1. The van der Waals surface area contributed by atoms with Gasteiger partial charge in [-0.05, 0) is 23.6 Å². The summed E-state index contributed by atoms with van der Waals surface area (Å²) in [6, 6.07) is 6.96. The standard InChI is InChI=1S/C14H14F3N3O2/c1-8(2)9-3-5-10(6-4-9)12(21)18-7-11-19-13(20-22-11)14(15,16)17/h3-6,8H,7H2,1-2H3,(H,18,21). The number of rotatable bonds is 4. The normalized spacial score (nSPS) is 11.7. The molecule has 1 aromatic carbocycles. The van der Waals surface area contributed by atoms with E-state index in [2.05, 4.69) is 20.0 Å².